The normalized spacial score (nSPS) is 14.4. The number of carbonyl (C=O) groups is 4. The van der Waals surface area contributed by atoms with Gasteiger partial charge in [0.25, 0.3) is 3.82 Å². The van der Waals surface area contributed by atoms with Crippen LogP contribution in [0, 0.1) is 21.7 Å². The minimum atomic E-state index is -5.61. The number of hydrogen-bond donors (Lipinski definition) is 0. The van der Waals surface area contributed by atoms with Crippen molar-refractivity contribution in [1.82, 2.24) is 0 Å². The van der Waals surface area contributed by atoms with Crippen molar-refractivity contribution >= 4 is 62.3 Å². The number of rotatable bonds is 16. The molecule has 15 nitrogen and oxygen atoms in total. The minimum absolute atomic E-state index is 0.111. The largest absolute Gasteiger partial charge is 0.776 e. The third kappa shape index (κ3) is 16.6. The maximum Gasteiger partial charge on any atom is 0.381 e. The van der Waals surface area contributed by atoms with Gasteiger partial charge in [-0.3, -0.25) is 41.8 Å². The highest BCUT2D eigenvalue weighted by Gasteiger charge is 2.58. The molecule has 0 aromatic rings. The molecule has 0 bridgehead atoms. The Kier molecular flexibility index (Phi) is 20.0. The number of alkyl halides is 2. The third-order valence-electron chi connectivity index (χ3n) is 6.83. The van der Waals surface area contributed by atoms with Crippen LogP contribution < -0.4 is 4.89 Å². The predicted molar refractivity (Wildman–Crippen MR) is 186 cm³/mol. The van der Waals surface area contributed by atoms with Crippen molar-refractivity contribution in [3.63, 3.8) is 0 Å². The van der Waals surface area contributed by atoms with Gasteiger partial charge in [0.1, 0.15) is 0 Å². The number of carbonyl (C=O) groups excluding carboxylic acids is 4. The quantitative estimate of drug-likeness (QED) is 0.0390. The van der Waals surface area contributed by atoms with Crippen LogP contribution in [0.3, 0.4) is 0 Å². The van der Waals surface area contributed by atoms with Gasteiger partial charge in [-0.25, -0.2) is 0 Å². The summed E-state index contributed by atoms with van der Waals surface area (Å²) in [6.07, 6.45) is 0. The molecular formula is C31H59Cl2NO14P2. The van der Waals surface area contributed by atoms with E-state index in [4.69, 9.17) is 46.5 Å². The van der Waals surface area contributed by atoms with Gasteiger partial charge in [-0.15, -0.1) is 0 Å². The molecule has 0 saturated carbocycles. The van der Waals surface area contributed by atoms with Gasteiger partial charge in [-0.1, -0.05) is 23.2 Å². The molecule has 0 saturated heterocycles. The number of ether oxygens (including phenoxy) is 4. The minimum Gasteiger partial charge on any atom is -0.776 e. The van der Waals surface area contributed by atoms with Gasteiger partial charge in [0.15, 0.2) is 14.4 Å². The zero-order valence-electron chi connectivity index (χ0n) is 32.3. The van der Waals surface area contributed by atoms with E-state index >= 15 is 0 Å². The lowest BCUT2D eigenvalue weighted by Crippen LogP contribution is -2.50. The molecule has 0 N–H and O–H groups in total. The molecule has 19 heteroatoms. The summed E-state index contributed by atoms with van der Waals surface area (Å²) < 4.78 is 57.3. The highest BCUT2D eigenvalue weighted by Crippen LogP contribution is 2.78. The van der Waals surface area contributed by atoms with E-state index in [0.717, 1.165) is 24.1 Å². The van der Waals surface area contributed by atoms with E-state index in [1.54, 1.807) is 0 Å². The van der Waals surface area contributed by atoms with Gasteiger partial charge >= 0.3 is 31.5 Å². The molecule has 50 heavy (non-hydrogen) atoms. The highest BCUT2D eigenvalue weighted by atomic mass is 35.5. The molecule has 296 valence electrons. The predicted octanol–water partition coefficient (Wildman–Crippen LogP) is 6.92. The molecule has 0 aliphatic rings. The Bertz CT molecular complexity index is 1180. The summed E-state index contributed by atoms with van der Waals surface area (Å²) in [5.41, 5.74) is -3.35. The first kappa shape index (κ1) is 50.8. The first-order valence-electron chi connectivity index (χ1n) is 16.0. The number of hydrogen-bond acceptors (Lipinski definition) is 14. The summed E-state index contributed by atoms with van der Waals surface area (Å²) in [5.74, 6) is -2.52. The van der Waals surface area contributed by atoms with Crippen LogP contribution in [0.5, 0.6) is 0 Å². The Morgan fingerprint density at radius 3 is 1.06 bits per heavy atom. The van der Waals surface area contributed by atoms with Gasteiger partial charge in [-0.2, -0.15) is 0 Å². The Morgan fingerprint density at radius 2 is 0.800 bits per heavy atom. The summed E-state index contributed by atoms with van der Waals surface area (Å²) in [6.45, 7) is 25.9. The first-order valence-corrected chi connectivity index (χ1v) is 19.8. The Labute approximate surface area is 307 Å². The smallest absolute Gasteiger partial charge is 0.381 e. The SMILES string of the molecule is CC(C)(C)C(=O)OCOP(=O)([O-])C(Cl)(Cl)P(=O)(OCOC(=O)C(C)(C)C)OCOC(=O)C(C)(C)C.CC[N+](CC)(CC)COC(=O)C(C)(C)C. The topological polar surface area (TPSA) is 190 Å². The van der Waals surface area contributed by atoms with E-state index in [1.807, 2.05) is 20.8 Å². The molecule has 1 atom stereocenters. The second-order valence-electron chi connectivity index (χ2n) is 15.4. The van der Waals surface area contributed by atoms with Crippen LogP contribution in [0.2, 0.25) is 0 Å². The lowest BCUT2D eigenvalue weighted by Gasteiger charge is -2.37. The average Bonchev–Trinajstić information content (AvgIpc) is 2.96. The fourth-order valence-electron chi connectivity index (χ4n) is 2.87. The van der Waals surface area contributed by atoms with Crippen molar-refractivity contribution in [2.75, 3.05) is 46.7 Å². The second-order valence-corrected chi connectivity index (χ2v) is 22.2. The van der Waals surface area contributed by atoms with Crippen molar-refractivity contribution in [1.29, 1.82) is 0 Å². The van der Waals surface area contributed by atoms with E-state index in [0.29, 0.717) is 6.73 Å². The Morgan fingerprint density at radius 1 is 0.540 bits per heavy atom. The number of quaternary nitrogens is 1. The Balaban J connectivity index is 0. The molecule has 0 radical (unpaired) electrons. The maximum absolute atomic E-state index is 13.3. The number of esters is 4. The highest BCUT2D eigenvalue weighted by molar-refractivity contribution is 7.79. The molecule has 0 rings (SSSR count). The van der Waals surface area contributed by atoms with Gasteiger partial charge in [-0.05, 0) is 104 Å². The average molecular weight is 803 g/mol. The van der Waals surface area contributed by atoms with E-state index in [1.165, 1.54) is 62.3 Å². The van der Waals surface area contributed by atoms with Crippen LogP contribution in [0.4, 0.5) is 0 Å². The lowest BCUT2D eigenvalue weighted by molar-refractivity contribution is -0.939. The maximum atomic E-state index is 13.3. The fourth-order valence-corrected chi connectivity index (χ4v) is 6.59. The zero-order chi connectivity index (χ0) is 40.2. The number of nitrogens with zero attached hydrogens (tertiary/aromatic N) is 1. The molecule has 0 aliphatic carbocycles. The van der Waals surface area contributed by atoms with E-state index in [2.05, 4.69) is 30.0 Å². The lowest BCUT2D eigenvalue weighted by atomic mass is 9.97. The molecule has 0 heterocycles. The van der Waals surface area contributed by atoms with Gasteiger partial charge in [0, 0.05) is 0 Å². The third-order valence-corrected chi connectivity index (χ3v) is 13.4. The summed E-state index contributed by atoms with van der Waals surface area (Å²) in [4.78, 5) is 60.0. The molecule has 1 unspecified atom stereocenters. The van der Waals surface area contributed by atoms with Crippen LogP contribution in [0.1, 0.15) is 104 Å². The fraction of sp³-hybridized carbons (Fsp3) is 0.871. The standard InChI is InChI=1S/C19H34Cl2O12P2.C12H26NO2/c1-16(2,3)13(22)28-10-31-34(25,26)19(20,21)35(27,32-11-29-14(23)17(4,5)6)33-12-30-15(24)18(7,8)9;1-7-13(8-2,9-3)10-15-11(14)12(4,5)6/h10-12H2,1-9H3,(H,25,26);7-10H2,1-6H3/q;+1/p-1. The van der Waals surface area contributed by atoms with Crippen molar-refractivity contribution in [3.05, 3.63) is 0 Å². The van der Waals surface area contributed by atoms with Crippen LogP contribution in [-0.4, -0.2) is 78.9 Å². The summed E-state index contributed by atoms with van der Waals surface area (Å²) in [6, 6.07) is 0. The van der Waals surface area contributed by atoms with Gasteiger partial charge in [0.2, 0.25) is 20.3 Å². The summed E-state index contributed by atoms with van der Waals surface area (Å²) in [5, 5.41) is 0. The molecule has 0 fully saturated rings. The van der Waals surface area contributed by atoms with Gasteiger partial charge < -0.3 is 28.4 Å². The molecule has 0 aromatic carbocycles. The van der Waals surface area contributed by atoms with Crippen LogP contribution in [0.15, 0.2) is 0 Å². The van der Waals surface area contributed by atoms with E-state index < -0.39 is 79.0 Å². The molecule has 0 aromatic heterocycles. The summed E-state index contributed by atoms with van der Waals surface area (Å²) >= 11 is 11.8. The first-order chi connectivity index (χ1) is 22.2. The molecule has 0 spiro atoms. The van der Waals surface area contributed by atoms with Crippen LogP contribution in [-0.2, 0) is 60.8 Å². The van der Waals surface area contributed by atoms with Gasteiger partial charge in [0.05, 0.1) is 41.3 Å². The number of halogens is 2. The Hall–Kier alpha value is -1.28. The van der Waals surface area contributed by atoms with Crippen LogP contribution >= 0.6 is 38.4 Å². The molecule has 0 amide bonds. The van der Waals surface area contributed by atoms with Crippen molar-refractivity contribution in [2.45, 2.75) is 108 Å². The van der Waals surface area contributed by atoms with Crippen molar-refractivity contribution < 1.29 is 70.2 Å². The van der Waals surface area contributed by atoms with Crippen molar-refractivity contribution in [2.24, 2.45) is 21.7 Å². The summed E-state index contributed by atoms with van der Waals surface area (Å²) in [7, 11) is -10.8. The molecule has 0 aliphatic heterocycles. The second kappa shape index (κ2) is 19.7. The van der Waals surface area contributed by atoms with E-state index in [9.17, 15) is 33.2 Å². The zero-order valence-corrected chi connectivity index (χ0v) is 35.6. The van der Waals surface area contributed by atoms with E-state index in [-0.39, 0.29) is 5.97 Å². The monoisotopic (exact) mass is 801 g/mol. The molecular weight excluding hydrogens is 743 g/mol. The van der Waals surface area contributed by atoms with Crippen molar-refractivity contribution in [3.8, 4) is 0 Å². The van der Waals surface area contributed by atoms with Crippen LogP contribution in [0.25, 0.3) is 0 Å².